The fourth-order valence-electron chi connectivity index (χ4n) is 2.69. The number of rotatable bonds is 5. The van der Waals surface area contributed by atoms with Gasteiger partial charge in [0.25, 0.3) is 0 Å². The molecule has 0 atom stereocenters. The van der Waals surface area contributed by atoms with Crippen LogP contribution in [0.25, 0.3) is 0 Å². The summed E-state index contributed by atoms with van der Waals surface area (Å²) in [5.74, 6) is 1.43. The number of hydrogen-bond acceptors (Lipinski definition) is 5. The van der Waals surface area contributed by atoms with Crippen LogP contribution in [0, 0.1) is 0 Å². The maximum atomic E-state index is 5.87. The third kappa shape index (κ3) is 3.89. The summed E-state index contributed by atoms with van der Waals surface area (Å²) in [5, 5.41) is -0.0428. The van der Waals surface area contributed by atoms with E-state index < -0.39 is 0 Å². The predicted molar refractivity (Wildman–Crippen MR) is 101 cm³/mol. The molecule has 0 N–H and O–H groups in total. The van der Waals surface area contributed by atoms with E-state index in [1.165, 1.54) is 0 Å². The van der Waals surface area contributed by atoms with Crippen LogP contribution in [-0.2, 0) is 5.41 Å². The molecule has 7 heteroatoms. The maximum Gasteiger partial charge on any atom is 0.327 e. The van der Waals surface area contributed by atoms with Gasteiger partial charge in [-0.05, 0) is 47.0 Å². The van der Waals surface area contributed by atoms with E-state index >= 15 is 0 Å². The fourth-order valence-corrected chi connectivity index (χ4v) is 3.04. The molecule has 0 amide bonds. The van der Waals surface area contributed by atoms with Gasteiger partial charge < -0.3 is 9.47 Å². The van der Waals surface area contributed by atoms with Crippen molar-refractivity contribution in [3.8, 4) is 17.5 Å². The zero-order chi connectivity index (χ0) is 18.7. The molecule has 0 bridgehead atoms. The Morgan fingerprint density at radius 1 is 0.846 bits per heavy atom. The summed E-state index contributed by atoms with van der Waals surface area (Å²) in [4.78, 5) is 11.7. The van der Waals surface area contributed by atoms with Gasteiger partial charge in [-0.3, -0.25) is 0 Å². The molecule has 0 saturated heterocycles. The summed E-state index contributed by atoms with van der Waals surface area (Å²) in [7, 11) is 1.65. The Morgan fingerprint density at radius 2 is 1.46 bits per heavy atom. The topological polar surface area (TPSA) is 57.1 Å². The lowest BCUT2D eigenvalue weighted by molar-refractivity contribution is 0.414. The molecule has 134 valence electrons. The van der Waals surface area contributed by atoms with Crippen molar-refractivity contribution in [2.75, 3.05) is 7.11 Å². The second-order valence-corrected chi connectivity index (χ2v) is 6.78. The first kappa shape index (κ1) is 18.4. The van der Waals surface area contributed by atoms with Crippen LogP contribution in [-0.4, -0.2) is 22.1 Å². The number of halogens is 2. The van der Waals surface area contributed by atoms with Crippen molar-refractivity contribution in [1.82, 2.24) is 15.0 Å². The zero-order valence-corrected chi connectivity index (χ0v) is 16.0. The van der Waals surface area contributed by atoms with Crippen LogP contribution >= 0.6 is 23.2 Å². The number of aromatic nitrogens is 3. The van der Waals surface area contributed by atoms with Crippen molar-refractivity contribution in [2.45, 2.75) is 19.3 Å². The molecule has 5 nitrogen and oxygen atoms in total. The first-order valence-corrected chi connectivity index (χ1v) is 8.64. The van der Waals surface area contributed by atoms with Crippen molar-refractivity contribution < 1.29 is 9.47 Å². The van der Waals surface area contributed by atoms with Crippen LogP contribution in [0.2, 0.25) is 10.6 Å². The Balaban J connectivity index is 1.99. The monoisotopic (exact) mass is 389 g/mol. The molecule has 0 radical (unpaired) electrons. The molecule has 1 heterocycles. The highest BCUT2D eigenvalue weighted by Crippen LogP contribution is 2.39. The molecular weight excluding hydrogens is 373 g/mol. The number of benzene rings is 2. The van der Waals surface area contributed by atoms with Crippen LogP contribution < -0.4 is 9.47 Å². The number of methoxy groups -OCH3 is 1. The lowest BCUT2D eigenvalue weighted by atomic mass is 9.77. The van der Waals surface area contributed by atoms with Gasteiger partial charge in [0.15, 0.2) is 0 Å². The van der Waals surface area contributed by atoms with Gasteiger partial charge in [0, 0.05) is 11.0 Å². The highest BCUT2D eigenvalue weighted by molar-refractivity contribution is 6.31. The summed E-state index contributed by atoms with van der Waals surface area (Å²) in [5.41, 5.74) is 1.75. The quantitative estimate of drug-likeness (QED) is 0.591. The summed E-state index contributed by atoms with van der Waals surface area (Å²) in [6.07, 6.45) is 0. The maximum absolute atomic E-state index is 5.87. The summed E-state index contributed by atoms with van der Waals surface area (Å²) in [6.45, 7) is 4.23. The van der Waals surface area contributed by atoms with Crippen molar-refractivity contribution in [1.29, 1.82) is 0 Å². The molecule has 0 aliphatic carbocycles. The van der Waals surface area contributed by atoms with E-state index in [0.29, 0.717) is 5.75 Å². The van der Waals surface area contributed by atoms with E-state index in [9.17, 15) is 0 Å². The Labute approximate surface area is 161 Å². The van der Waals surface area contributed by atoms with Gasteiger partial charge in [0.05, 0.1) is 7.11 Å². The molecule has 0 unspecified atom stereocenters. The van der Waals surface area contributed by atoms with E-state index in [2.05, 4.69) is 28.8 Å². The predicted octanol–water partition coefficient (Wildman–Crippen LogP) is 5.31. The smallest absolute Gasteiger partial charge is 0.327 e. The number of hydrogen-bond donors (Lipinski definition) is 0. The average Bonchev–Trinajstić information content (AvgIpc) is 2.61. The zero-order valence-electron chi connectivity index (χ0n) is 14.5. The second kappa shape index (κ2) is 7.48. The van der Waals surface area contributed by atoms with E-state index in [0.717, 1.165) is 16.9 Å². The normalized spacial score (nSPS) is 11.3. The Morgan fingerprint density at radius 3 is 2.08 bits per heavy atom. The van der Waals surface area contributed by atoms with Crippen molar-refractivity contribution in [2.24, 2.45) is 0 Å². The molecule has 0 fully saturated rings. The van der Waals surface area contributed by atoms with Crippen LogP contribution in [0.5, 0.6) is 17.5 Å². The lowest BCUT2D eigenvalue weighted by Crippen LogP contribution is -2.19. The second-order valence-electron chi connectivity index (χ2n) is 6.11. The van der Waals surface area contributed by atoms with Gasteiger partial charge >= 0.3 is 6.01 Å². The van der Waals surface area contributed by atoms with Gasteiger partial charge in [-0.25, -0.2) is 0 Å². The van der Waals surface area contributed by atoms with Crippen molar-refractivity contribution in [3.63, 3.8) is 0 Å². The molecule has 0 spiro atoms. The Kier molecular flexibility index (Phi) is 5.30. The molecule has 3 aromatic rings. The third-order valence-corrected chi connectivity index (χ3v) is 4.47. The molecule has 2 aromatic carbocycles. The van der Waals surface area contributed by atoms with Gasteiger partial charge in [-0.2, -0.15) is 15.0 Å². The minimum atomic E-state index is -0.330. The molecule has 0 aliphatic rings. The van der Waals surface area contributed by atoms with E-state index in [1.54, 1.807) is 7.11 Å². The van der Waals surface area contributed by atoms with Crippen LogP contribution in [0.3, 0.4) is 0 Å². The van der Waals surface area contributed by atoms with Gasteiger partial charge in [-0.15, -0.1) is 0 Å². The SMILES string of the molecule is COc1ccc(C(C)(C)c2ccccc2Oc2nc(Cl)nc(Cl)n2)cc1. The largest absolute Gasteiger partial charge is 0.497 e. The lowest BCUT2D eigenvalue weighted by Gasteiger charge is -2.28. The van der Waals surface area contributed by atoms with Gasteiger partial charge in [0.2, 0.25) is 10.6 Å². The average molecular weight is 390 g/mol. The van der Waals surface area contributed by atoms with Gasteiger partial charge in [0.1, 0.15) is 11.5 Å². The summed E-state index contributed by atoms with van der Waals surface area (Å²) < 4.78 is 11.1. The fraction of sp³-hybridized carbons (Fsp3) is 0.211. The Hall–Kier alpha value is -2.37. The summed E-state index contributed by atoms with van der Waals surface area (Å²) >= 11 is 11.7. The number of ether oxygens (including phenoxy) is 2. The minimum absolute atomic E-state index is 0.0214. The number of para-hydroxylation sites is 1. The molecular formula is C19H17Cl2N3O2. The Bertz CT molecular complexity index is 895. The summed E-state index contributed by atoms with van der Waals surface area (Å²) in [6, 6.07) is 15.7. The number of nitrogens with zero attached hydrogens (tertiary/aromatic N) is 3. The molecule has 0 saturated carbocycles. The highest BCUT2D eigenvalue weighted by Gasteiger charge is 2.27. The standard InChI is InChI=1S/C19H17Cl2N3O2/c1-19(2,12-8-10-13(25-3)11-9-12)14-6-4-5-7-15(14)26-18-23-16(20)22-17(21)24-18/h4-11H,1-3H3. The van der Waals surface area contributed by atoms with Crippen LogP contribution in [0.15, 0.2) is 48.5 Å². The van der Waals surface area contributed by atoms with E-state index in [1.807, 2.05) is 48.5 Å². The van der Waals surface area contributed by atoms with E-state index in [-0.39, 0.29) is 22.0 Å². The van der Waals surface area contributed by atoms with Gasteiger partial charge in [-0.1, -0.05) is 44.2 Å². The van der Waals surface area contributed by atoms with Crippen LogP contribution in [0.4, 0.5) is 0 Å². The van der Waals surface area contributed by atoms with Crippen molar-refractivity contribution >= 4 is 23.2 Å². The minimum Gasteiger partial charge on any atom is -0.497 e. The third-order valence-electron chi connectivity index (χ3n) is 4.13. The molecule has 1 aromatic heterocycles. The van der Waals surface area contributed by atoms with E-state index in [4.69, 9.17) is 32.7 Å². The molecule has 0 aliphatic heterocycles. The highest BCUT2D eigenvalue weighted by atomic mass is 35.5. The van der Waals surface area contributed by atoms with Crippen LogP contribution in [0.1, 0.15) is 25.0 Å². The first-order valence-electron chi connectivity index (χ1n) is 7.89. The molecule has 26 heavy (non-hydrogen) atoms. The van der Waals surface area contributed by atoms with Crippen molar-refractivity contribution in [3.05, 3.63) is 70.2 Å². The molecule has 3 rings (SSSR count). The first-order chi connectivity index (χ1) is 12.4.